The van der Waals surface area contributed by atoms with E-state index < -0.39 is 0 Å². The number of hydrogen-bond acceptors (Lipinski definition) is 5. The molecular weight excluding hydrogens is 262 g/mol. The van der Waals surface area contributed by atoms with Crippen molar-refractivity contribution in [2.45, 2.75) is 32.2 Å². The van der Waals surface area contributed by atoms with Gasteiger partial charge in [0.2, 0.25) is 0 Å². The van der Waals surface area contributed by atoms with Crippen LogP contribution in [0.3, 0.4) is 0 Å². The van der Waals surface area contributed by atoms with Crippen LogP contribution in [0, 0.1) is 11.8 Å². The van der Waals surface area contributed by atoms with Crippen molar-refractivity contribution >= 4 is 0 Å². The first-order chi connectivity index (χ1) is 10.1. The fraction of sp³-hybridized carbons (Fsp3) is 1.00. The van der Waals surface area contributed by atoms with Gasteiger partial charge in [-0.1, -0.05) is 6.92 Å². The zero-order chi connectivity index (χ0) is 15.7. The molecule has 0 radical (unpaired) electrons. The number of rotatable bonds is 10. The summed E-state index contributed by atoms with van der Waals surface area (Å²) >= 11 is 0. The van der Waals surface area contributed by atoms with E-state index >= 15 is 0 Å². The average molecular weight is 300 g/mol. The summed E-state index contributed by atoms with van der Waals surface area (Å²) in [6, 6.07) is 0.228. The molecule has 1 heterocycles. The second-order valence-corrected chi connectivity index (χ2v) is 6.64. The molecule has 0 bridgehead atoms. The second kappa shape index (κ2) is 10.5. The molecular formula is C16H37N5. The van der Waals surface area contributed by atoms with Crippen molar-refractivity contribution in [2.24, 2.45) is 23.3 Å². The molecule has 0 amide bonds. The van der Waals surface area contributed by atoms with Crippen LogP contribution in [-0.2, 0) is 0 Å². The third-order valence-corrected chi connectivity index (χ3v) is 4.76. The van der Waals surface area contributed by atoms with E-state index in [1.54, 1.807) is 0 Å². The Kier molecular flexibility index (Phi) is 9.44. The van der Waals surface area contributed by atoms with Crippen molar-refractivity contribution in [3.8, 4) is 0 Å². The van der Waals surface area contributed by atoms with Gasteiger partial charge in [0.1, 0.15) is 0 Å². The summed E-state index contributed by atoms with van der Waals surface area (Å²) in [7, 11) is 4.15. The summed E-state index contributed by atoms with van der Waals surface area (Å²) in [5, 5.41) is 3.19. The maximum absolute atomic E-state index is 6.59. The van der Waals surface area contributed by atoms with Gasteiger partial charge >= 0.3 is 0 Å². The quantitative estimate of drug-likeness (QED) is 0.536. The second-order valence-electron chi connectivity index (χ2n) is 6.64. The Bertz CT molecular complexity index is 259. The van der Waals surface area contributed by atoms with Crippen LogP contribution in [0.5, 0.6) is 0 Å². The van der Waals surface area contributed by atoms with Gasteiger partial charge in [-0.15, -0.1) is 0 Å². The van der Waals surface area contributed by atoms with E-state index in [-0.39, 0.29) is 6.04 Å². The monoisotopic (exact) mass is 299 g/mol. The molecule has 5 N–H and O–H groups in total. The minimum Gasteiger partial charge on any atom is -0.330 e. The van der Waals surface area contributed by atoms with Crippen LogP contribution >= 0.6 is 0 Å². The summed E-state index contributed by atoms with van der Waals surface area (Å²) < 4.78 is 0. The van der Waals surface area contributed by atoms with Gasteiger partial charge in [0.15, 0.2) is 0 Å². The number of piperidine rings is 1. The zero-order valence-electron chi connectivity index (χ0n) is 14.4. The van der Waals surface area contributed by atoms with E-state index in [2.05, 4.69) is 29.1 Å². The van der Waals surface area contributed by atoms with E-state index in [4.69, 9.17) is 11.5 Å². The number of nitrogens with two attached hydrogens (primary N) is 2. The Morgan fingerprint density at radius 2 is 2.19 bits per heavy atom. The highest BCUT2D eigenvalue weighted by atomic mass is 15.1. The molecule has 0 aromatic heterocycles. The molecule has 1 fully saturated rings. The molecule has 5 nitrogen and oxygen atoms in total. The highest BCUT2D eigenvalue weighted by Crippen LogP contribution is 2.23. The Morgan fingerprint density at radius 3 is 2.81 bits per heavy atom. The van der Waals surface area contributed by atoms with Crippen LogP contribution < -0.4 is 16.8 Å². The Morgan fingerprint density at radius 1 is 1.43 bits per heavy atom. The predicted molar refractivity (Wildman–Crippen MR) is 91.4 cm³/mol. The smallest absolute Gasteiger partial charge is 0.0132 e. The molecule has 3 atom stereocenters. The third-order valence-electron chi connectivity index (χ3n) is 4.76. The van der Waals surface area contributed by atoms with Crippen molar-refractivity contribution in [3.63, 3.8) is 0 Å². The third kappa shape index (κ3) is 6.61. The number of likely N-dealkylation sites (N-methyl/N-ethyl adjacent to an activating group) is 2. The van der Waals surface area contributed by atoms with Gasteiger partial charge in [-0.25, -0.2) is 0 Å². The molecule has 0 aromatic carbocycles. The molecule has 0 aromatic rings. The maximum atomic E-state index is 6.59. The fourth-order valence-corrected chi connectivity index (χ4v) is 3.46. The van der Waals surface area contributed by atoms with E-state index in [1.165, 1.54) is 32.4 Å². The molecule has 21 heavy (non-hydrogen) atoms. The Labute approximate surface area is 131 Å². The van der Waals surface area contributed by atoms with Crippen LogP contribution in [0.2, 0.25) is 0 Å². The van der Waals surface area contributed by atoms with Gasteiger partial charge in [0, 0.05) is 32.2 Å². The van der Waals surface area contributed by atoms with E-state index in [0.717, 1.165) is 26.2 Å². The van der Waals surface area contributed by atoms with Crippen molar-refractivity contribution in [3.05, 3.63) is 0 Å². The van der Waals surface area contributed by atoms with Crippen LogP contribution in [0.4, 0.5) is 0 Å². The number of nitrogens with zero attached hydrogens (tertiary/aromatic N) is 2. The minimum atomic E-state index is 0.228. The van der Waals surface area contributed by atoms with Gasteiger partial charge in [-0.3, -0.25) is 0 Å². The molecule has 1 aliphatic heterocycles. The molecule has 1 saturated heterocycles. The maximum Gasteiger partial charge on any atom is 0.0132 e. The lowest BCUT2D eigenvalue weighted by atomic mass is 9.83. The van der Waals surface area contributed by atoms with Crippen molar-refractivity contribution in [1.29, 1.82) is 0 Å². The number of nitrogens with one attached hydrogen (secondary N) is 1. The standard InChI is InChI=1S/C16H37N5/c1-4-8-21-9-5-6-14(13-21)16(18)15(11-17)12-20(3)10-7-19-2/h14-16,19H,4-13,17-18H2,1-3H3. The van der Waals surface area contributed by atoms with Crippen LogP contribution in [-0.4, -0.2) is 75.8 Å². The van der Waals surface area contributed by atoms with Crippen LogP contribution in [0.25, 0.3) is 0 Å². The number of likely N-dealkylation sites (tertiary alicyclic amines) is 1. The molecule has 1 rings (SSSR count). The van der Waals surface area contributed by atoms with E-state index in [9.17, 15) is 0 Å². The van der Waals surface area contributed by atoms with E-state index in [0.29, 0.717) is 18.4 Å². The highest BCUT2D eigenvalue weighted by molar-refractivity contribution is 4.87. The van der Waals surface area contributed by atoms with Crippen LogP contribution in [0.15, 0.2) is 0 Å². The first-order valence-electron chi connectivity index (χ1n) is 8.63. The first kappa shape index (κ1) is 18.8. The normalized spacial score (nSPS) is 23.4. The van der Waals surface area contributed by atoms with Gasteiger partial charge in [-0.05, 0) is 64.8 Å². The fourth-order valence-electron chi connectivity index (χ4n) is 3.46. The van der Waals surface area contributed by atoms with Crippen molar-refractivity contribution in [1.82, 2.24) is 15.1 Å². The molecule has 1 aliphatic rings. The van der Waals surface area contributed by atoms with Crippen molar-refractivity contribution < 1.29 is 0 Å². The van der Waals surface area contributed by atoms with Gasteiger partial charge in [0.05, 0.1) is 0 Å². The lowest BCUT2D eigenvalue weighted by Crippen LogP contribution is -2.51. The minimum absolute atomic E-state index is 0.228. The molecule has 3 unspecified atom stereocenters. The van der Waals surface area contributed by atoms with Gasteiger partial charge < -0.3 is 26.6 Å². The summed E-state index contributed by atoms with van der Waals surface area (Å²) in [5.41, 5.74) is 12.6. The lowest BCUT2D eigenvalue weighted by molar-refractivity contribution is 0.129. The van der Waals surface area contributed by atoms with Gasteiger partial charge in [0.25, 0.3) is 0 Å². The zero-order valence-corrected chi connectivity index (χ0v) is 14.4. The van der Waals surface area contributed by atoms with E-state index in [1.807, 2.05) is 7.05 Å². The number of hydrogen-bond donors (Lipinski definition) is 3. The molecule has 0 aliphatic carbocycles. The topological polar surface area (TPSA) is 70.5 Å². The average Bonchev–Trinajstić information content (AvgIpc) is 2.50. The molecule has 0 saturated carbocycles. The molecule has 0 spiro atoms. The van der Waals surface area contributed by atoms with Gasteiger partial charge in [-0.2, -0.15) is 0 Å². The largest absolute Gasteiger partial charge is 0.330 e. The molecule has 126 valence electrons. The Hall–Kier alpha value is -0.200. The molecule has 5 heteroatoms. The highest BCUT2D eigenvalue weighted by Gasteiger charge is 2.29. The lowest BCUT2D eigenvalue weighted by Gasteiger charge is -2.39. The SMILES string of the molecule is CCCN1CCCC(C(N)C(CN)CN(C)CCNC)C1. The summed E-state index contributed by atoms with van der Waals surface area (Å²) in [5.74, 6) is 1.01. The summed E-state index contributed by atoms with van der Waals surface area (Å²) in [6.45, 7) is 9.61. The first-order valence-corrected chi connectivity index (χ1v) is 8.63. The Balaban J connectivity index is 2.46. The summed E-state index contributed by atoms with van der Waals surface area (Å²) in [4.78, 5) is 4.92. The van der Waals surface area contributed by atoms with Crippen molar-refractivity contribution in [2.75, 3.05) is 59.9 Å². The predicted octanol–water partition coefficient (Wildman–Crippen LogP) is 0.162. The van der Waals surface area contributed by atoms with Crippen LogP contribution in [0.1, 0.15) is 26.2 Å². The summed E-state index contributed by atoms with van der Waals surface area (Å²) in [6.07, 6.45) is 3.78.